The second kappa shape index (κ2) is 10.0. The van der Waals surface area contributed by atoms with Crippen LogP contribution in [0, 0.1) is 6.92 Å². The normalized spacial score (nSPS) is 13.0. The Morgan fingerprint density at radius 1 is 1.18 bits per heavy atom. The van der Waals surface area contributed by atoms with Crippen LogP contribution >= 0.6 is 23.2 Å². The average Bonchev–Trinajstić information content (AvgIpc) is 3.22. The molecule has 1 aliphatic heterocycles. The topological polar surface area (TPSA) is 73.3 Å². The van der Waals surface area contributed by atoms with Gasteiger partial charge in [0, 0.05) is 55.1 Å². The molecule has 0 bridgehead atoms. The molecule has 0 radical (unpaired) electrons. The van der Waals surface area contributed by atoms with Crippen LogP contribution in [0.3, 0.4) is 0 Å². The Morgan fingerprint density at radius 3 is 2.48 bits per heavy atom. The maximum atomic E-state index is 13.4. The predicted octanol–water partition coefficient (Wildman–Crippen LogP) is 4.25. The van der Waals surface area contributed by atoms with Crippen LogP contribution in [0.5, 0.6) is 11.5 Å². The van der Waals surface area contributed by atoms with Gasteiger partial charge in [-0.1, -0.05) is 29.3 Å². The molecule has 0 fully saturated rings. The molecule has 2 aromatic carbocycles. The van der Waals surface area contributed by atoms with Crippen molar-refractivity contribution in [2.45, 2.75) is 20.0 Å². The molecule has 1 heterocycles. The Morgan fingerprint density at radius 2 is 1.85 bits per heavy atom. The number of phenolic OH excluding ortho intramolecular Hbond substituents is 1. The Kier molecular flexibility index (Phi) is 7.57. The molecule has 3 rings (SSSR count). The molecule has 1 N–H and O–H groups in total. The number of carbonyl (C=O) groups is 2. The van der Waals surface area contributed by atoms with Gasteiger partial charge in [-0.15, -0.1) is 0 Å². The standard InChI is InChI=1S/C24H27Cl2N3O4/c1-14-22(19(30)11-20(33-5)23(14)26)24(32)29-12-15-16(13-29)18(9-8-17(15)25)28(4)21(31)7-6-10-27(2)3/h6-9,11,30H,10,12-13H2,1-5H3/b7-6+. The van der Waals surface area contributed by atoms with Crippen molar-refractivity contribution >= 4 is 40.7 Å². The summed E-state index contributed by atoms with van der Waals surface area (Å²) >= 11 is 12.8. The van der Waals surface area contributed by atoms with Gasteiger partial charge in [-0.3, -0.25) is 9.59 Å². The van der Waals surface area contributed by atoms with E-state index < -0.39 is 0 Å². The third-order valence-electron chi connectivity index (χ3n) is 5.64. The number of halogens is 2. The van der Waals surface area contributed by atoms with Gasteiger partial charge in [0.2, 0.25) is 5.91 Å². The van der Waals surface area contributed by atoms with Crippen molar-refractivity contribution in [2.75, 3.05) is 39.7 Å². The van der Waals surface area contributed by atoms with E-state index in [1.54, 1.807) is 42.0 Å². The van der Waals surface area contributed by atoms with Crippen molar-refractivity contribution < 1.29 is 19.4 Å². The number of anilines is 1. The van der Waals surface area contributed by atoms with Gasteiger partial charge in [0.05, 0.1) is 17.7 Å². The van der Waals surface area contributed by atoms with Crippen LogP contribution in [0.4, 0.5) is 5.69 Å². The van der Waals surface area contributed by atoms with Crippen LogP contribution in [0.2, 0.25) is 10.0 Å². The molecule has 2 aromatic rings. The summed E-state index contributed by atoms with van der Waals surface area (Å²) in [5.41, 5.74) is 2.79. The fraction of sp³-hybridized carbons (Fsp3) is 0.333. The number of likely N-dealkylation sites (N-methyl/N-ethyl adjacent to an activating group) is 2. The van der Waals surface area contributed by atoms with Crippen LogP contribution in [0.1, 0.15) is 27.0 Å². The highest BCUT2D eigenvalue weighted by atomic mass is 35.5. The van der Waals surface area contributed by atoms with E-state index in [0.717, 1.165) is 11.1 Å². The van der Waals surface area contributed by atoms with Gasteiger partial charge in [0.25, 0.3) is 5.91 Å². The summed E-state index contributed by atoms with van der Waals surface area (Å²) in [5.74, 6) is -0.478. The monoisotopic (exact) mass is 491 g/mol. The Hall–Kier alpha value is -2.74. The largest absolute Gasteiger partial charge is 0.507 e. The minimum absolute atomic E-state index is 0.113. The van der Waals surface area contributed by atoms with Crippen molar-refractivity contribution in [3.8, 4) is 11.5 Å². The number of aromatic hydroxyl groups is 1. The minimum Gasteiger partial charge on any atom is -0.507 e. The van der Waals surface area contributed by atoms with Crippen LogP contribution in [-0.2, 0) is 17.9 Å². The lowest BCUT2D eigenvalue weighted by Crippen LogP contribution is -2.28. The number of methoxy groups -OCH3 is 1. The zero-order chi connectivity index (χ0) is 24.4. The first kappa shape index (κ1) is 24.9. The number of hydrogen-bond acceptors (Lipinski definition) is 5. The van der Waals surface area contributed by atoms with E-state index in [1.165, 1.54) is 19.3 Å². The summed E-state index contributed by atoms with van der Waals surface area (Å²) in [6.07, 6.45) is 3.32. The van der Waals surface area contributed by atoms with Crippen molar-refractivity contribution in [1.29, 1.82) is 0 Å². The van der Waals surface area contributed by atoms with Crippen molar-refractivity contribution in [2.24, 2.45) is 0 Å². The highest BCUT2D eigenvalue weighted by Gasteiger charge is 2.32. The first-order valence-electron chi connectivity index (χ1n) is 10.3. The summed E-state index contributed by atoms with van der Waals surface area (Å²) in [4.78, 5) is 31.1. The second-order valence-electron chi connectivity index (χ2n) is 8.16. The maximum Gasteiger partial charge on any atom is 0.258 e. The van der Waals surface area contributed by atoms with Crippen molar-refractivity contribution in [1.82, 2.24) is 9.80 Å². The van der Waals surface area contributed by atoms with Crippen LogP contribution in [-0.4, -0.2) is 61.5 Å². The molecule has 0 saturated heterocycles. The highest BCUT2D eigenvalue weighted by molar-refractivity contribution is 6.33. The number of benzene rings is 2. The van der Waals surface area contributed by atoms with Gasteiger partial charge in [0.15, 0.2) is 0 Å². The van der Waals surface area contributed by atoms with Gasteiger partial charge in [0.1, 0.15) is 11.5 Å². The number of amides is 2. The quantitative estimate of drug-likeness (QED) is 0.611. The number of nitrogens with zero attached hydrogens (tertiary/aromatic N) is 3. The molecule has 2 amide bonds. The van der Waals surface area contributed by atoms with Crippen LogP contribution in [0.25, 0.3) is 0 Å². The van der Waals surface area contributed by atoms with Gasteiger partial charge >= 0.3 is 0 Å². The second-order valence-corrected chi connectivity index (χ2v) is 8.94. The first-order valence-corrected chi connectivity index (χ1v) is 11.1. The molecular formula is C24H27Cl2N3O4. The third kappa shape index (κ3) is 4.95. The smallest absolute Gasteiger partial charge is 0.258 e. The SMILES string of the molecule is COc1cc(O)c(C(=O)N2Cc3c(Cl)ccc(N(C)C(=O)/C=C/CN(C)C)c3C2)c(C)c1Cl. The van der Waals surface area contributed by atoms with Gasteiger partial charge in [-0.25, -0.2) is 0 Å². The molecule has 0 aliphatic carbocycles. The van der Waals surface area contributed by atoms with Crippen molar-refractivity contribution in [3.05, 3.63) is 62.7 Å². The number of hydrogen-bond donors (Lipinski definition) is 1. The molecule has 0 aromatic heterocycles. The zero-order valence-electron chi connectivity index (χ0n) is 19.3. The Bertz CT molecular complexity index is 1130. The molecule has 0 atom stereocenters. The lowest BCUT2D eigenvalue weighted by molar-refractivity contribution is -0.113. The lowest BCUT2D eigenvalue weighted by atomic mass is 10.1. The molecule has 33 heavy (non-hydrogen) atoms. The molecule has 9 heteroatoms. The summed E-state index contributed by atoms with van der Waals surface area (Å²) in [6.45, 7) is 2.80. The first-order chi connectivity index (χ1) is 15.6. The van der Waals surface area contributed by atoms with Crippen LogP contribution < -0.4 is 9.64 Å². The summed E-state index contributed by atoms with van der Waals surface area (Å²) in [7, 11) is 6.97. The molecule has 7 nitrogen and oxygen atoms in total. The van der Waals surface area contributed by atoms with Crippen LogP contribution in [0.15, 0.2) is 30.4 Å². The van der Waals surface area contributed by atoms with E-state index in [0.29, 0.717) is 28.6 Å². The predicted molar refractivity (Wildman–Crippen MR) is 131 cm³/mol. The van der Waals surface area contributed by atoms with E-state index in [9.17, 15) is 14.7 Å². The molecular weight excluding hydrogens is 465 g/mol. The number of fused-ring (bicyclic) bond motifs is 1. The average molecular weight is 492 g/mol. The highest BCUT2D eigenvalue weighted by Crippen LogP contribution is 2.40. The molecule has 0 saturated carbocycles. The van der Waals surface area contributed by atoms with E-state index in [4.69, 9.17) is 27.9 Å². The van der Waals surface area contributed by atoms with Gasteiger partial charge in [-0.2, -0.15) is 0 Å². The maximum absolute atomic E-state index is 13.4. The minimum atomic E-state index is -0.382. The molecule has 176 valence electrons. The fourth-order valence-electron chi connectivity index (χ4n) is 3.81. The van der Waals surface area contributed by atoms with Crippen molar-refractivity contribution in [3.63, 3.8) is 0 Å². The third-order valence-corrected chi connectivity index (χ3v) is 6.46. The number of ether oxygens (including phenoxy) is 1. The summed E-state index contributed by atoms with van der Waals surface area (Å²) in [6, 6.07) is 4.83. The summed E-state index contributed by atoms with van der Waals surface area (Å²) < 4.78 is 5.16. The van der Waals surface area contributed by atoms with E-state index in [-0.39, 0.29) is 41.2 Å². The van der Waals surface area contributed by atoms with E-state index in [2.05, 4.69) is 0 Å². The lowest BCUT2D eigenvalue weighted by Gasteiger charge is -2.21. The Labute approximate surface area is 203 Å². The zero-order valence-corrected chi connectivity index (χ0v) is 20.8. The molecule has 0 spiro atoms. The fourth-order valence-corrected chi connectivity index (χ4v) is 4.28. The molecule has 0 unspecified atom stereocenters. The van der Waals surface area contributed by atoms with Gasteiger partial charge < -0.3 is 24.5 Å². The van der Waals surface area contributed by atoms with E-state index in [1.807, 2.05) is 19.0 Å². The number of phenols is 1. The van der Waals surface area contributed by atoms with Gasteiger partial charge in [-0.05, 0) is 44.3 Å². The number of rotatable bonds is 6. The number of carbonyl (C=O) groups excluding carboxylic acids is 2. The Balaban J connectivity index is 1.91. The summed E-state index contributed by atoms with van der Waals surface area (Å²) in [5, 5.41) is 11.3. The molecule has 1 aliphatic rings. The van der Waals surface area contributed by atoms with E-state index >= 15 is 0 Å².